The number of halogens is 3. The Kier molecular flexibility index (Phi) is 4.02. The van der Waals surface area contributed by atoms with Gasteiger partial charge in [0.25, 0.3) is 0 Å². The van der Waals surface area contributed by atoms with Crippen molar-refractivity contribution >= 4 is 11.3 Å². The van der Waals surface area contributed by atoms with Crippen molar-refractivity contribution in [3.05, 3.63) is 21.9 Å². The molecule has 5 heteroatoms. The van der Waals surface area contributed by atoms with Gasteiger partial charge in [0.05, 0.1) is 12.0 Å². The minimum absolute atomic E-state index is 0.0306. The molecule has 0 bridgehead atoms. The van der Waals surface area contributed by atoms with Crippen LogP contribution in [0.1, 0.15) is 42.2 Å². The zero-order chi connectivity index (χ0) is 13.3. The van der Waals surface area contributed by atoms with Crippen molar-refractivity contribution in [2.45, 2.75) is 44.9 Å². The van der Waals surface area contributed by atoms with Crippen molar-refractivity contribution in [1.29, 1.82) is 0 Å². The lowest BCUT2D eigenvalue weighted by Gasteiger charge is -2.32. The number of hydrogen-bond donors (Lipinski definition) is 1. The van der Waals surface area contributed by atoms with E-state index in [0.717, 1.165) is 10.4 Å². The Morgan fingerprint density at radius 2 is 1.89 bits per heavy atom. The highest BCUT2D eigenvalue weighted by atomic mass is 32.1. The SMILES string of the molecule is Cc1sccc1C(O)C1CCC(C(F)(F)F)CC1. The third-order valence-electron chi connectivity index (χ3n) is 3.90. The van der Waals surface area contributed by atoms with Crippen molar-refractivity contribution in [3.8, 4) is 0 Å². The number of alkyl halides is 3. The molecular formula is C13H17F3OS. The van der Waals surface area contributed by atoms with Crippen molar-refractivity contribution in [1.82, 2.24) is 0 Å². The van der Waals surface area contributed by atoms with Crippen molar-refractivity contribution in [2.24, 2.45) is 11.8 Å². The number of rotatable bonds is 2. The average molecular weight is 278 g/mol. The third kappa shape index (κ3) is 2.88. The lowest BCUT2D eigenvalue weighted by atomic mass is 9.77. The lowest BCUT2D eigenvalue weighted by molar-refractivity contribution is -0.185. The molecule has 0 amide bonds. The van der Waals surface area contributed by atoms with Crippen LogP contribution in [0.15, 0.2) is 11.4 Å². The Hall–Kier alpha value is -0.550. The van der Waals surface area contributed by atoms with E-state index in [1.165, 1.54) is 0 Å². The minimum Gasteiger partial charge on any atom is -0.388 e. The Labute approximate surface area is 109 Å². The molecule has 0 saturated heterocycles. The van der Waals surface area contributed by atoms with Gasteiger partial charge in [0.1, 0.15) is 0 Å². The second kappa shape index (κ2) is 5.21. The van der Waals surface area contributed by atoms with Gasteiger partial charge in [-0.3, -0.25) is 0 Å². The van der Waals surface area contributed by atoms with Crippen molar-refractivity contribution in [2.75, 3.05) is 0 Å². The van der Waals surface area contributed by atoms with Crippen LogP contribution in [0, 0.1) is 18.8 Å². The largest absolute Gasteiger partial charge is 0.391 e. The zero-order valence-electron chi connectivity index (χ0n) is 10.2. The molecule has 1 aromatic rings. The molecular weight excluding hydrogens is 261 g/mol. The summed E-state index contributed by atoms with van der Waals surface area (Å²) in [5, 5.41) is 12.1. The smallest absolute Gasteiger partial charge is 0.388 e. The number of aliphatic hydroxyl groups excluding tert-OH is 1. The molecule has 1 aliphatic rings. The fourth-order valence-electron chi connectivity index (χ4n) is 2.72. The average Bonchev–Trinajstić information content (AvgIpc) is 2.73. The van der Waals surface area contributed by atoms with Crippen LogP contribution in [0.3, 0.4) is 0 Å². The molecule has 1 unspecified atom stereocenters. The second-order valence-electron chi connectivity index (χ2n) is 5.03. The maximum atomic E-state index is 12.5. The molecule has 1 N–H and O–H groups in total. The van der Waals surface area contributed by atoms with Crippen LogP contribution < -0.4 is 0 Å². The van der Waals surface area contributed by atoms with E-state index >= 15 is 0 Å². The maximum absolute atomic E-state index is 12.5. The fourth-order valence-corrected chi connectivity index (χ4v) is 3.46. The van der Waals surface area contributed by atoms with Gasteiger partial charge in [-0.1, -0.05) is 0 Å². The lowest BCUT2D eigenvalue weighted by Crippen LogP contribution is -2.29. The van der Waals surface area contributed by atoms with Crippen LogP contribution in [0.25, 0.3) is 0 Å². The summed E-state index contributed by atoms with van der Waals surface area (Å²) in [7, 11) is 0. The molecule has 0 radical (unpaired) electrons. The van der Waals surface area contributed by atoms with E-state index < -0.39 is 18.2 Å². The standard InChI is InChI=1S/C13H17F3OS/c1-8-11(6-7-18-8)12(17)9-2-4-10(5-3-9)13(14,15)16/h6-7,9-10,12,17H,2-5H2,1H3. The third-order valence-corrected chi connectivity index (χ3v) is 4.76. The second-order valence-corrected chi connectivity index (χ2v) is 6.15. The zero-order valence-corrected chi connectivity index (χ0v) is 11.0. The summed E-state index contributed by atoms with van der Waals surface area (Å²) in [5.41, 5.74) is 0.885. The predicted molar refractivity (Wildman–Crippen MR) is 65.5 cm³/mol. The topological polar surface area (TPSA) is 20.2 Å². The van der Waals surface area contributed by atoms with E-state index in [0.29, 0.717) is 12.8 Å². The summed E-state index contributed by atoms with van der Waals surface area (Å²) in [6, 6.07) is 1.88. The van der Waals surface area contributed by atoms with Gasteiger partial charge in [0.15, 0.2) is 0 Å². The van der Waals surface area contributed by atoms with Crippen LogP contribution in [0.5, 0.6) is 0 Å². The Bertz CT molecular complexity index is 391. The molecule has 1 fully saturated rings. The molecule has 1 atom stereocenters. The highest BCUT2D eigenvalue weighted by molar-refractivity contribution is 7.10. The van der Waals surface area contributed by atoms with E-state index in [1.54, 1.807) is 11.3 Å². The summed E-state index contributed by atoms with van der Waals surface area (Å²) < 4.78 is 37.6. The van der Waals surface area contributed by atoms with E-state index in [-0.39, 0.29) is 18.8 Å². The predicted octanol–water partition coefficient (Wildman–Crippen LogP) is 4.46. The van der Waals surface area contributed by atoms with Gasteiger partial charge in [0.2, 0.25) is 0 Å². The number of aryl methyl sites for hydroxylation is 1. The Balaban J connectivity index is 1.96. The minimum atomic E-state index is -4.08. The Morgan fingerprint density at radius 3 is 2.33 bits per heavy atom. The summed E-state index contributed by atoms with van der Waals surface area (Å²) in [4.78, 5) is 1.06. The molecule has 1 heterocycles. The molecule has 18 heavy (non-hydrogen) atoms. The first-order valence-corrected chi connectivity index (χ1v) is 7.06. The van der Waals surface area contributed by atoms with E-state index in [9.17, 15) is 18.3 Å². The molecule has 1 saturated carbocycles. The quantitative estimate of drug-likeness (QED) is 0.847. The number of thiophene rings is 1. The molecule has 1 aliphatic carbocycles. The van der Waals surface area contributed by atoms with Gasteiger partial charge < -0.3 is 5.11 Å². The normalized spacial score (nSPS) is 27.2. The monoisotopic (exact) mass is 278 g/mol. The molecule has 1 nitrogen and oxygen atoms in total. The van der Waals surface area contributed by atoms with Crippen molar-refractivity contribution < 1.29 is 18.3 Å². The first-order valence-electron chi connectivity index (χ1n) is 6.18. The van der Waals surface area contributed by atoms with Crippen LogP contribution in [0.2, 0.25) is 0 Å². The first kappa shape index (κ1) is 13.9. The van der Waals surface area contributed by atoms with E-state index in [4.69, 9.17) is 0 Å². The van der Waals surface area contributed by atoms with Gasteiger partial charge in [-0.25, -0.2) is 0 Å². The van der Waals surface area contributed by atoms with Crippen LogP contribution in [-0.4, -0.2) is 11.3 Å². The van der Waals surface area contributed by atoms with Crippen LogP contribution >= 0.6 is 11.3 Å². The van der Waals surface area contributed by atoms with Crippen LogP contribution in [-0.2, 0) is 0 Å². The molecule has 1 aromatic heterocycles. The molecule has 0 aliphatic heterocycles. The van der Waals surface area contributed by atoms with Gasteiger partial charge >= 0.3 is 6.18 Å². The number of hydrogen-bond acceptors (Lipinski definition) is 2. The number of aliphatic hydroxyl groups is 1. The van der Waals surface area contributed by atoms with Crippen LogP contribution in [0.4, 0.5) is 13.2 Å². The summed E-state index contributed by atoms with van der Waals surface area (Å²) in [5.74, 6) is -1.21. The summed E-state index contributed by atoms with van der Waals surface area (Å²) in [6.45, 7) is 1.94. The highest BCUT2D eigenvalue weighted by Crippen LogP contribution is 2.43. The Morgan fingerprint density at radius 1 is 1.28 bits per heavy atom. The van der Waals surface area contributed by atoms with Gasteiger partial charge in [-0.15, -0.1) is 11.3 Å². The summed E-state index contributed by atoms with van der Waals surface area (Å²) >= 11 is 1.56. The first-order chi connectivity index (χ1) is 8.39. The van der Waals surface area contributed by atoms with E-state index in [1.807, 2.05) is 18.4 Å². The van der Waals surface area contributed by atoms with Gasteiger partial charge in [-0.05, 0) is 55.5 Å². The molecule has 102 valence electrons. The molecule has 0 spiro atoms. The molecule has 2 rings (SSSR count). The van der Waals surface area contributed by atoms with Gasteiger partial charge in [-0.2, -0.15) is 13.2 Å². The van der Waals surface area contributed by atoms with E-state index in [2.05, 4.69) is 0 Å². The summed E-state index contributed by atoms with van der Waals surface area (Å²) in [6.07, 6.45) is -3.47. The van der Waals surface area contributed by atoms with Gasteiger partial charge in [0, 0.05) is 4.88 Å². The fraction of sp³-hybridized carbons (Fsp3) is 0.692. The van der Waals surface area contributed by atoms with Crippen molar-refractivity contribution in [3.63, 3.8) is 0 Å². The molecule has 0 aromatic carbocycles. The maximum Gasteiger partial charge on any atom is 0.391 e. The highest BCUT2D eigenvalue weighted by Gasteiger charge is 2.42.